The summed E-state index contributed by atoms with van der Waals surface area (Å²) >= 11 is 0. The van der Waals surface area contributed by atoms with Crippen molar-refractivity contribution in [3.8, 4) is 6.07 Å². The molecule has 3 heteroatoms. The summed E-state index contributed by atoms with van der Waals surface area (Å²) in [6, 6.07) is 2.76. The van der Waals surface area contributed by atoms with Gasteiger partial charge in [-0.15, -0.1) is 0 Å². The van der Waals surface area contributed by atoms with Gasteiger partial charge in [-0.05, 0) is 46.6 Å². The van der Waals surface area contributed by atoms with Crippen LogP contribution in [-0.2, 0) is 0 Å². The van der Waals surface area contributed by atoms with Crippen LogP contribution in [0, 0.1) is 17.2 Å². The SMILES string of the molecule is CC(C)NC(C)(C#N)CN(C)CC1CCCC1. The predicted molar refractivity (Wildman–Crippen MR) is 71.7 cm³/mol. The van der Waals surface area contributed by atoms with Crippen LogP contribution in [0.3, 0.4) is 0 Å². The van der Waals surface area contributed by atoms with Crippen molar-refractivity contribution in [2.24, 2.45) is 5.92 Å². The molecule has 1 N–H and O–H groups in total. The standard InChI is InChI=1S/C14H27N3/c1-12(2)16-14(3,10-15)11-17(4)9-13-7-5-6-8-13/h12-13,16H,5-9,11H2,1-4H3. The van der Waals surface area contributed by atoms with Crippen molar-refractivity contribution in [1.29, 1.82) is 5.26 Å². The van der Waals surface area contributed by atoms with Gasteiger partial charge >= 0.3 is 0 Å². The highest BCUT2D eigenvalue weighted by molar-refractivity contribution is 5.06. The third-order valence-corrected chi connectivity index (χ3v) is 3.48. The molecule has 0 saturated heterocycles. The van der Waals surface area contributed by atoms with Crippen molar-refractivity contribution in [2.45, 2.75) is 58.0 Å². The maximum Gasteiger partial charge on any atom is 0.116 e. The number of hydrogen-bond donors (Lipinski definition) is 1. The van der Waals surface area contributed by atoms with Crippen LogP contribution in [0.2, 0.25) is 0 Å². The van der Waals surface area contributed by atoms with Crippen LogP contribution in [0.4, 0.5) is 0 Å². The van der Waals surface area contributed by atoms with E-state index in [-0.39, 0.29) is 0 Å². The molecule has 3 nitrogen and oxygen atoms in total. The maximum absolute atomic E-state index is 9.30. The van der Waals surface area contributed by atoms with Crippen LogP contribution >= 0.6 is 0 Å². The third-order valence-electron chi connectivity index (χ3n) is 3.48. The number of nitrogens with zero attached hydrogens (tertiary/aromatic N) is 2. The molecule has 1 fully saturated rings. The Morgan fingerprint density at radius 3 is 2.47 bits per heavy atom. The average molecular weight is 237 g/mol. The van der Waals surface area contributed by atoms with E-state index >= 15 is 0 Å². The van der Waals surface area contributed by atoms with Crippen LogP contribution in [0.15, 0.2) is 0 Å². The zero-order chi connectivity index (χ0) is 12.9. The van der Waals surface area contributed by atoms with E-state index < -0.39 is 5.54 Å². The molecular formula is C14H27N3. The molecule has 0 aromatic heterocycles. The minimum Gasteiger partial charge on any atom is -0.303 e. The van der Waals surface area contributed by atoms with Crippen molar-refractivity contribution in [3.63, 3.8) is 0 Å². The average Bonchev–Trinajstić information content (AvgIpc) is 2.68. The fourth-order valence-corrected chi connectivity index (χ4v) is 2.99. The highest BCUT2D eigenvalue weighted by Crippen LogP contribution is 2.25. The molecule has 98 valence electrons. The van der Waals surface area contributed by atoms with Gasteiger partial charge in [0.2, 0.25) is 0 Å². The monoisotopic (exact) mass is 237 g/mol. The third kappa shape index (κ3) is 5.06. The Morgan fingerprint density at radius 2 is 2.00 bits per heavy atom. The lowest BCUT2D eigenvalue weighted by Gasteiger charge is -2.31. The Kier molecular flexibility index (Phi) is 5.42. The summed E-state index contributed by atoms with van der Waals surface area (Å²) in [5.74, 6) is 0.849. The summed E-state index contributed by atoms with van der Waals surface area (Å²) in [5, 5.41) is 12.7. The lowest BCUT2D eigenvalue weighted by Crippen LogP contribution is -2.52. The van der Waals surface area contributed by atoms with Crippen molar-refractivity contribution in [1.82, 2.24) is 10.2 Å². The Labute approximate surface area is 106 Å². The first-order valence-corrected chi connectivity index (χ1v) is 6.82. The lowest BCUT2D eigenvalue weighted by molar-refractivity contribution is 0.221. The second-order valence-corrected chi connectivity index (χ2v) is 6.09. The largest absolute Gasteiger partial charge is 0.303 e. The second-order valence-electron chi connectivity index (χ2n) is 6.09. The number of hydrogen-bond acceptors (Lipinski definition) is 3. The summed E-state index contributed by atoms with van der Waals surface area (Å²) in [6.07, 6.45) is 5.51. The van der Waals surface area contributed by atoms with Gasteiger partial charge in [-0.3, -0.25) is 5.32 Å². The van der Waals surface area contributed by atoms with Gasteiger partial charge in [0.25, 0.3) is 0 Å². The summed E-state index contributed by atoms with van der Waals surface area (Å²) in [5.41, 5.74) is -0.429. The number of likely N-dealkylation sites (N-methyl/N-ethyl adjacent to an activating group) is 1. The molecule has 0 spiro atoms. The van der Waals surface area contributed by atoms with Crippen LogP contribution < -0.4 is 5.32 Å². The fourth-order valence-electron chi connectivity index (χ4n) is 2.99. The lowest BCUT2D eigenvalue weighted by atomic mass is 10.0. The molecule has 0 heterocycles. The van der Waals surface area contributed by atoms with E-state index in [1.807, 2.05) is 6.92 Å². The molecule has 1 atom stereocenters. The molecule has 0 aromatic carbocycles. The zero-order valence-corrected chi connectivity index (χ0v) is 11.8. The smallest absolute Gasteiger partial charge is 0.116 e. The molecular weight excluding hydrogens is 210 g/mol. The van der Waals surface area contributed by atoms with Crippen LogP contribution in [0.25, 0.3) is 0 Å². The molecule has 1 saturated carbocycles. The van der Waals surface area contributed by atoms with Gasteiger partial charge in [0.1, 0.15) is 5.54 Å². The Hall–Kier alpha value is -0.590. The van der Waals surface area contributed by atoms with Crippen molar-refractivity contribution in [3.05, 3.63) is 0 Å². The minimum atomic E-state index is -0.429. The Balaban J connectivity index is 2.41. The van der Waals surface area contributed by atoms with E-state index in [0.29, 0.717) is 6.04 Å². The van der Waals surface area contributed by atoms with Crippen molar-refractivity contribution >= 4 is 0 Å². The predicted octanol–water partition coefficient (Wildman–Crippen LogP) is 2.39. The zero-order valence-electron chi connectivity index (χ0n) is 11.8. The van der Waals surface area contributed by atoms with Gasteiger partial charge in [0.15, 0.2) is 0 Å². The minimum absolute atomic E-state index is 0.347. The van der Waals surface area contributed by atoms with Gasteiger partial charge in [-0.1, -0.05) is 12.8 Å². The maximum atomic E-state index is 9.30. The van der Waals surface area contributed by atoms with Crippen molar-refractivity contribution in [2.75, 3.05) is 20.1 Å². The molecule has 1 rings (SSSR count). The van der Waals surface area contributed by atoms with E-state index in [4.69, 9.17) is 0 Å². The first-order valence-electron chi connectivity index (χ1n) is 6.82. The number of rotatable bonds is 6. The molecule has 1 unspecified atom stereocenters. The van der Waals surface area contributed by atoms with E-state index in [0.717, 1.165) is 19.0 Å². The van der Waals surface area contributed by atoms with Gasteiger partial charge in [-0.2, -0.15) is 5.26 Å². The van der Waals surface area contributed by atoms with Gasteiger partial charge in [-0.25, -0.2) is 0 Å². The summed E-state index contributed by atoms with van der Waals surface area (Å²) in [4.78, 5) is 2.31. The number of nitriles is 1. The molecule has 1 aliphatic rings. The normalized spacial score (nSPS) is 20.8. The quantitative estimate of drug-likeness (QED) is 0.771. The molecule has 0 amide bonds. The van der Waals surface area contributed by atoms with Gasteiger partial charge < -0.3 is 4.90 Å². The first kappa shape index (κ1) is 14.5. The molecule has 0 aliphatic heterocycles. The van der Waals surface area contributed by atoms with Gasteiger partial charge in [0, 0.05) is 19.1 Å². The van der Waals surface area contributed by atoms with Gasteiger partial charge in [0.05, 0.1) is 6.07 Å². The summed E-state index contributed by atoms with van der Waals surface area (Å²) in [7, 11) is 2.13. The first-order chi connectivity index (χ1) is 7.95. The molecule has 0 radical (unpaired) electrons. The van der Waals surface area contributed by atoms with Crippen LogP contribution in [0.1, 0.15) is 46.5 Å². The van der Waals surface area contributed by atoms with E-state index in [1.165, 1.54) is 25.7 Å². The molecule has 1 aliphatic carbocycles. The molecule has 0 aromatic rings. The Bertz CT molecular complexity index is 263. The van der Waals surface area contributed by atoms with E-state index in [2.05, 4.69) is 37.2 Å². The Morgan fingerprint density at radius 1 is 1.41 bits per heavy atom. The van der Waals surface area contributed by atoms with Crippen LogP contribution in [0.5, 0.6) is 0 Å². The van der Waals surface area contributed by atoms with Crippen molar-refractivity contribution < 1.29 is 0 Å². The topological polar surface area (TPSA) is 39.1 Å². The van der Waals surface area contributed by atoms with E-state index in [1.54, 1.807) is 0 Å². The highest BCUT2D eigenvalue weighted by atomic mass is 15.1. The van der Waals surface area contributed by atoms with E-state index in [9.17, 15) is 5.26 Å². The summed E-state index contributed by atoms with van der Waals surface area (Å²) in [6.45, 7) is 8.12. The molecule has 17 heavy (non-hydrogen) atoms. The second kappa shape index (κ2) is 6.37. The summed E-state index contributed by atoms with van der Waals surface area (Å²) < 4.78 is 0. The van der Waals surface area contributed by atoms with Crippen LogP contribution in [-0.4, -0.2) is 36.6 Å². The highest BCUT2D eigenvalue weighted by Gasteiger charge is 2.27. The molecule has 0 bridgehead atoms. The fraction of sp³-hybridized carbons (Fsp3) is 0.929. The number of nitrogens with one attached hydrogen (secondary N) is 1.